The van der Waals surface area contributed by atoms with Crippen LogP contribution in [0.25, 0.3) is 0 Å². The quantitative estimate of drug-likeness (QED) is 0.0115. The van der Waals surface area contributed by atoms with Gasteiger partial charge in [-0.05, 0) is 0 Å². The summed E-state index contributed by atoms with van der Waals surface area (Å²) >= 11 is 1.62. The van der Waals surface area contributed by atoms with Gasteiger partial charge in [-0.25, -0.2) is 13.2 Å². The van der Waals surface area contributed by atoms with Gasteiger partial charge in [0.25, 0.3) is 0 Å². The first-order chi connectivity index (χ1) is 22.5. The minimum atomic E-state index is -3.27. The Hall–Kier alpha value is -0.970. The van der Waals surface area contributed by atoms with Crippen LogP contribution in [-0.2, 0) is 33.6 Å². The summed E-state index contributed by atoms with van der Waals surface area (Å²) in [6.07, 6.45) is 0.598. The summed E-state index contributed by atoms with van der Waals surface area (Å²) in [5.41, 5.74) is -0.486. The zero-order chi connectivity index (χ0) is 36.0. The van der Waals surface area contributed by atoms with Crippen molar-refractivity contribution in [1.82, 2.24) is 0 Å². The van der Waals surface area contributed by atoms with E-state index in [1.165, 1.54) is 23.5 Å². The van der Waals surface area contributed by atoms with E-state index in [1.54, 1.807) is 0 Å². The molecule has 278 valence electrons. The predicted octanol–water partition coefficient (Wildman–Crippen LogP) is 5.09. The molecule has 1 heterocycles. The number of hydrogen-bond acceptors (Lipinski definition) is 10. The first-order valence-corrected chi connectivity index (χ1v) is 23.8. The van der Waals surface area contributed by atoms with Crippen molar-refractivity contribution in [2.75, 3.05) is 90.1 Å². The van der Waals surface area contributed by atoms with Crippen LogP contribution in [-0.4, -0.2) is 124 Å². The van der Waals surface area contributed by atoms with E-state index in [1.807, 2.05) is 13.8 Å². The number of carbonyl (C=O) groups excluding carboxylic acids is 1. The Morgan fingerprint density at radius 1 is 0.812 bits per heavy atom. The second-order valence-electron chi connectivity index (χ2n) is 11.4. The molecule has 1 aliphatic heterocycles. The third-order valence-electron chi connectivity index (χ3n) is 7.15. The van der Waals surface area contributed by atoms with Gasteiger partial charge in [0.1, 0.15) is 0 Å². The Labute approximate surface area is 294 Å². The molecule has 1 atom stereocenters. The molecule has 0 spiro atoms. The van der Waals surface area contributed by atoms with Gasteiger partial charge in [-0.15, -0.1) is 0 Å². The van der Waals surface area contributed by atoms with E-state index in [0.717, 1.165) is 20.2 Å². The molecular weight excluding hydrogens is 824 g/mol. The Morgan fingerprint density at radius 2 is 1.35 bits per heavy atom. The van der Waals surface area contributed by atoms with Crippen LogP contribution < -0.4 is 4.74 Å². The van der Waals surface area contributed by atoms with Crippen molar-refractivity contribution < 1.29 is 66.7 Å². The SMILES string of the molecule is CI1C[N+]1(CCC(=O)O)CCC(C)(C)OCCS(=O)(=O)CCSCCOCCOCCSCCC(=O)Oc1c(F)c(F)c(F)c(F)c1F. The fourth-order valence-electron chi connectivity index (χ4n) is 4.14. The number of aliphatic carboxylic acids is 1. The third-order valence-corrected chi connectivity index (χ3v) is 17.2. The number of hydrogen-bond donors (Lipinski definition) is 1. The van der Waals surface area contributed by atoms with Gasteiger partial charge >= 0.3 is 164 Å². The minimum absolute atomic E-state index is 0.0378. The second kappa shape index (κ2) is 20.8. The maximum atomic E-state index is 13.6. The number of quaternary nitrogens is 1. The molecule has 0 aliphatic carbocycles. The number of halogens is 6. The number of ether oxygens (including phenoxy) is 4. The van der Waals surface area contributed by atoms with Crippen molar-refractivity contribution in [2.45, 2.75) is 38.7 Å². The van der Waals surface area contributed by atoms with Gasteiger partial charge in [-0.1, -0.05) is 0 Å². The Kier molecular flexibility index (Phi) is 18.7. The summed E-state index contributed by atoms with van der Waals surface area (Å²) in [4.78, 5) is 25.0. The zero-order valence-electron chi connectivity index (χ0n) is 27.2. The van der Waals surface area contributed by atoms with Crippen LogP contribution in [0.15, 0.2) is 0 Å². The van der Waals surface area contributed by atoms with Gasteiger partial charge in [0.05, 0.1) is 32.8 Å². The standard InChI is InChI=1S/C29H43F5INO9S3/c1-29(2,6-8-36(20-35(36)3)7-4-21(37)38)44-13-18-48(40,41)19-17-47-16-12-43-10-9-42-11-15-46-14-5-22(39)45-28-26(33)24(31)23(30)25(32)27(28)34/h4-20H2,1-3H3/p+1. The van der Waals surface area contributed by atoms with Crippen LogP contribution in [0.1, 0.15) is 33.1 Å². The van der Waals surface area contributed by atoms with E-state index < -0.39 is 82.3 Å². The average molecular weight is 869 g/mol. The predicted molar refractivity (Wildman–Crippen MR) is 183 cm³/mol. The van der Waals surface area contributed by atoms with Crippen molar-refractivity contribution in [1.29, 1.82) is 0 Å². The fourth-order valence-corrected chi connectivity index (χ4v) is 13.6. The monoisotopic (exact) mass is 868 g/mol. The minimum Gasteiger partial charge on any atom is -0.420 e. The molecule has 19 heteroatoms. The molecule has 1 N–H and O–H groups in total. The van der Waals surface area contributed by atoms with Crippen molar-refractivity contribution in [2.24, 2.45) is 0 Å². The van der Waals surface area contributed by atoms with Crippen LogP contribution in [0, 0.1) is 29.1 Å². The fraction of sp³-hybridized carbons (Fsp3) is 0.724. The molecule has 1 aromatic carbocycles. The summed E-state index contributed by atoms with van der Waals surface area (Å²) in [5.74, 6) is -13.0. The van der Waals surface area contributed by atoms with Gasteiger partial charge in [0.15, 0.2) is 0 Å². The van der Waals surface area contributed by atoms with Crippen LogP contribution in [0.3, 0.4) is 0 Å². The molecule has 0 saturated carbocycles. The van der Waals surface area contributed by atoms with Crippen molar-refractivity contribution in [3.8, 4) is 5.75 Å². The molecule has 0 bridgehead atoms. The maximum absolute atomic E-state index is 13.6. The Morgan fingerprint density at radius 3 is 1.90 bits per heavy atom. The summed E-state index contributed by atoms with van der Waals surface area (Å²) in [7, 11) is -3.27. The number of carbonyl (C=O) groups is 2. The summed E-state index contributed by atoms with van der Waals surface area (Å²) in [5, 5.41) is 9.02. The summed E-state index contributed by atoms with van der Waals surface area (Å²) in [6, 6.07) is 0. The molecule has 0 radical (unpaired) electrons. The number of sulfone groups is 1. The smallest absolute Gasteiger partial charge is 0.420 e. The van der Waals surface area contributed by atoms with Crippen LogP contribution >= 0.6 is 43.6 Å². The number of nitrogens with zero attached hydrogens (tertiary/aromatic N) is 1. The van der Waals surface area contributed by atoms with E-state index in [2.05, 4.69) is 9.67 Å². The van der Waals surface area contributed by atoms with Gasteiger partial charge in [-0.2, -0.15) is 20.5 Å². The molecule has 1 saturated heterocycles. The number of carboxylic acid groups (broad SMARTS) is 1. The molecule has 2 rings (SSSR count). The molecule has 1 aliphatic rings. The third kappa shape index (κ3) is 15.5. The topological polar surface area (TPSA) is 125 Å². The van der Waals surface area contributed by atoms with Gasteiger partial charge < -0.3 is 14.2 Å². The second-order valence-corrected chi connectivity index (χ2v) is 22.0. The van der Waals surface area contributed by atoms with Crippen molar-refractivity contribution in [3.05, 3.63) is 29.1 Å². The first-order valence-electron chi connectivity index (χ1n) is 15.0. The molecule has 1 aromatic rings. The van der Waals surface area contributed by atoms with Gasteiger partial charge in [-0.3, -0.25) is 4.79 Å². The molecule has 1 unspecified atom stereocenters. The van der Waals surface area contributed by atoms with Gasteiger partial charge in [0.2, 0.25) is 34.8 Å². The number of esters is 1. The van der Waals surface area contributed by atoms with Crippen molar-refractivity contribution >= 4 is 65.4 Å². The van der Waals surface area contributed by atoms with E-state index in [4.69, 9.17) is 19.3 Å². The Balaban J connectivity index is 1.43. The summed E-state index contributed by atoms with van der Waals surface area (Å²) < 4.78 is 115. The summed E-state index contributed by atoms with van der Waals surface area (Å²) in [6.45, 7) is 6.90. The van der Waals surface area contributed by atoms with E-state index in [-0.39, 0.29) is 36.7 Å². The number of benzene rings is 1. The molecular formula is C29H44F5INO9S3+. The number of rotatable bonds is 26. The van der Waals surface area contributed by atoms with Gasteiger partial charge in [0, 0.05) is 11.5 Å². The molecule has 1 fully saturated rings. The van der Waals surface area contributed by atoms with Crippen LogP contribution in [0.5, 0.6) is 5.75 Å². The van der Waals surface area contributed by atoms with E-state index >= 15 is 0 Å². The molecule has 0 aromatic heterocycles. The van der Waals surface area contributed by atoms with Crippen LogP contribution in [0.4, 0.5) is 22.0 Å². The molecule has 10 nitrogen and oxygen atoms in total. The normalized spacial score (nSPS) is 17.1. The molecule has 0 amide bonds. The average Bonchev–Trinajstić information content (AvgIpc) is 3.68. The Bertz CT molecular complexity index is 1300. The zero-order valence-corrected chi connectivity index (χ0v) is 31.8. The number of thioether (sulfide) groups is 2. The number of carboxylic acids is 1. The van der Waals surface area contributed by atoms with Crippen LogP contribution in [0.2, 0.25) is 0 Å². The number of alkyl halides is 2. The van der Waals surface area contributed by atoms with Crippen molar-refractivity contribution in [3.63, 3.8) is 0 Å². The van der Waals surface area contributed by atoms with E-state index in [0.29, 0.717) is 50.2 Å². The van der Waals surface area contributed by atoms with E-state index in [9.17, 15) is 40.0 Å². The first kappa shape index (κ1) is 43.2. The molecule has 48 heavy (non-hydrogen) atoms.